The molecule has 21 rings (SSSR count). The maximum absolute atomic E-state index is 13.0. The van der Waals surface area contributed by atoms with Crippen LogP contribution in [-0.4, -0.2) is 182 Å². The molecule has 1 saturated carbocycles. The lowest BCUT2D eigenvalue weighted by Crippen LogP contribution is -2.35. The molecule has 33 nitrogen and oxygen atoms in total. The maximum atomic E-state index is 13.0. The predicted molar refractivity (Wildman–Crippen MR) is 512 cm³/mol. The first-order valence-electron chi connectivity index (χ1n) is 44.9. The number of halogens is 3. The number of amides is 5. The van der Waals surface area contributed by atoms with E-state index < -0.39 is 12.7 Å². The SMILES string of the molecule is CC(=O)N1CCc2c(c(Nc3cccc(-c4ccccn4)c3)nn2CC2CC2)C1.CC(=O)N1CCc2c(c(Nc3cccc(-c4cn[nH]c4)c3)nn2C)C1.CC(=O)N1CCc2c(c(Nc3cccc(-c4cncs4)c3)nn2C)C1.CC(=O)N1CCc2c(c(Nc3cccc(-c4cnn(C)c4)c3)nn2C)C1.CC(=O)N1CCc2c(c(Nc3cccc(-c4cnn(C)c4)c3)nn2CC(F)(F)F)C1. The molecule has 10 aromatic heterocycles. The lowest BCUT2D eigenvalue weighted by Gasteiger charge is -2.27. The number of carbonyl (C=O) groups excluding carboxylic acids is 5. The summed E-state index contributed by atoms with van der Waals surface area (Å²) in [6.07, 6.45) is 16.7. The van der Waals surface area contributed by atoms with Crippen molar-refractivity contribution in [3.8, 4) is 55.1 Å². The molecule has 0 radical (unpaired) electrons. The fourth-order valence-electron chi connectivity index (χ4n) is 17.6. The second kappa shape index (κ2) is 40.0. The van der Waals surface area contributed by atoms with Crippen LogP contribution in [0, 0.1) is 5.92 Å². The van der Waals surface area contributed by atoms with Crippen LogP contribution in [0.2, 0.25) is 0 Å². The van der Waals surface area contributed by atoms with Crippen molar-refractivity contribution in [2.75, 3.05) is 59.3 Å². The molecule has 6 N–H and O–H groups in total. The fourth-order valence-corrected chi connectivity index (χ4v) is 18.2. The van der Waals surface area contributed by atoms with Gasteiger partial charge >= 0.3 is 6.18 Å². The molecule has 1 fully saturated rings. The number of H-pyrrole nitrogens is 1. The van der Waals surface area contributed by atoms with Gasteiger partial charge in [-0.3, -0.25) is 71.8 Å². The molecular weight excluding hydrogens is 1740 g/mol. The molecular formula is C98H107F3N28O5S. The number of hydrogen-bond donors (Lipinski definition) is 6. The zero-order valence-corrected chi connectivity index (χ0v) is 77.7. The Morgan fingerprint density at radius 2 is 0.770 bits per heavy atom. The van der Waals surface area contributed by atoms with E-state index in [1.807, 2.05) is 209 Å². The third kappa shape index (κ3) is 21.9. The molecule has 0 saturated heterocycles. The van der Waals surface area contributed by atoms with Crippen molar-refractivity contribution in [2.24, 2.45) is 41.2 Å². The molecule has 5 aromatic carbocycles. The van der Waals surface area contributed by atoms with Crippen LogP contribution in [0.5, 0.6) is 0 Å². The summed E-state index contributed by atoms with van der Waals surface area (Å²) in [6.45, 7) is 13.8. The molecule has 0 atom stereocenters. The van der Waals surface area contributed by atoms with Crippen LogP contribution in [0.25, 0.3) is 55.1 Å². The topological polar surface area (TPSA) is 341 Å². The van der Waals surface area contributed by atoms with E-state index in [1.165, 1.54) is 42.5 Å². The van der Waals surface area contributed by atoms with E-state index in [4.69, 9.17) is 5.10 Å². The number of pyridine rings is 1. The lowest BCUT2D eigenvalue weighted by molar-refractivity contribution is -0.143. The second-order valence-corrected chi connectivity index (χ2v) is 35.4. The molecule has 135 heavy (non-hydrogen) atoms. The van der Waals surface area contributed by atoms with E-state index in [0.29, 0.717) is 61.9 Å². The second-order valence-electron chi connectivity index (χ2n) is 34.5. The third-order valence-corrected chi connectivity index (χ3v) is 25.7. The number of hydrogen-bond acceptors (Lipinski definition) is 21. The van der Waals surface area contributed by atoms with Crippen molar-refractivity contribution >= 4 is 98.4 Å². The van der Waals surface area contributed by atoms with Gasteiger partial charge in [0.05, 0.1) is 67.4 Å². The monoisotopic (exact) mass is 1840 g/mol. The number of aryl methyl sites for hydroxylation is 5. The van der Waals surface area contributed by atoms with Crippen LogP contribution < -0.4 is 26.6 Å². The van der Waals surface area contributed by atoms with E-state index in [1.54, 1.807) is 65.7 Å². The highest BCUT2D eigenvalue weighted by Crippen LogP contribution is 2.40. The Kier molecular flexibility index (Phi) is 27.2. The molecule has 15 heterocycles. The van der Waals surface area contributed by atoms with Crippen LogP contribution >= 0.6 is 11.3 Å². The predicted octanol–water partition coefficient (Wildman–Crippen LogP) is 15.6. The number of alkyl halides is 3. The lowest BCUT2D eigenvalue weighted by atomic mass is 10.1. The van der Waals surface area contributed by atoms with Crippen LogP contribution in [0.3, 0.4) is 0 Å². The van der Waals surface area contributed by atoms with Gasteiger partial charge in [0, 0.05) is 279 Å². The number of aromatic nitrogens is 18. The number of fused-ring (bicyclic) bond motifs is 5. The smallest absolute Gasteiger partial charge is 0.338 e. The largest absolute Gasteiger partial charge is 0.408 e. The Hall–Kier alpha value is -15.3. The molecule has 5 aliphatic heterocycles. The van der Waals surface area contributed by atoms with Gasteiger partial charge in [-0.25, -0.2) is 0 Å². The number of anilines is 10. The number of benzene rings is 5. The van der Waals surface area contributed by atoms with Crippen molar-refractivity contribution in [3.63, 3.8) is 0 Å². The van der Waals surface area contributed by atoms with E-state index >= 15 is 0 Å². The first kappa shape index (κ1) is 91.6. The molecule has 37 heteroatoms. The summed E-state index contributed by atoms with van der Waals surface area (Å²) in [5.74, 6) is 4.72. The van der Waals surface area contributed by atoms with Crippen molar-refractivity contribution < 1.29 is 37.1 Å². The minimum Gasteiger partial charge on any atom is -0.338 e. The summed E-state index contributed by atoms with van der Waals surface area (Å²) in [5, 5.41) is 55.2. The molecule has 1 aliphatic carbocycles. The van der Waals surface area contributed by atoms with Gasteiger partial charge < -0.3 is 51.1 Å². The molecule has 5 amide bonds. The molecule has 0 unspecified atom stereocenters. The van der Waals surface area contributed by atoms with Crippen molar-refractivity contribution in [1.82, 2.24) is 113 Å². The summed E-state index contributed by atoms with van der Waals surface area (Å²) >= 11 is 1.62. The van der Waals surface area contributed by atoms with Crippen LogP contribution in [0.4, 0.5) is 70.7 Å². The van der Waals surface area contributed by atoms with Crippen molar-refractivity contribution in [3.05, 3.63) is 251 Å². The van der Waals surface area contributed by atoms with Gasteiger partial charge in [0.25, 0.3) is 0 Å². The molecule has 0 spiro atoms. The van der Waals surface area contributed by atoms with E-state index in [2.05, 4.69) is 124 Å². The number of nitrogens with zero attached hydrogens (tertiary/aromatic N) is 22. The van der Waals surface area contributed by atoms with Gasteiger partial charge in [0.15, 0.2) is 29.1 Å². The quantitative estimate of drug-likeness (QED) is 0.0465. The molecule has 15 aromatic rings. The Morgan fingerprint density at radius 3 is 1.13 bits per heavy atom. The summed E-state index contributed by atoms with van der Waals surface area (Å²) in [4.78, 5) is 77.8. The highest BCUT2D eigenvalue weighted by molar-refractivity contribution is 7.13. The first-order valence-corrected chi connectivity index (χ1v) is 45.8. The summed E-state index contributed by atoms with van der Waals surface area (Å²) in [5.41, 5.74) is 26.1. The van der Waals surface area contributed by atoms with Crippen LogP contribution in [-0.2, 0) is 137 Å². The Morgan fingerprint density at radius 1 is 0.407 bits per heavy atom. The number of aromatic amines is 1. The van der Waals surface area contributed by atoms with E-state index in [9.17, 15) is 37.1 Å². The van der Waals surface area contributed by atoms with Gasteiger partial charge in [-0.15, -0.1) is 11.3 Å². The number of rotatable bonds is 18. The summed E-state index contributed by atoms with van der Waals surface area (Å²) < 4.78 is 51.5. The van der Waals surface area contributed by atoms with Gasteiger partial charge in [-0.05, 0) is 114 Å². The van der Waals surface area contributed by atoms with Gasteiger partial charge in [0.1, 0.15) is 6.54 Å². The van der Waals surface area contributed by atoms with Crippen molar-refractivity contribution in [2.45, 2.75) is 132 Å². The minimum atomic E-state index is -4.38. The number of thiazole rings is 1. The molecule has 0 bridgehead atoms. The molecule has 6 aliphatic rings. The highest BCUT2D eigenvalue weighted by atomic mass is 32.1. The van der Waals surface area contributed by atoms with Gasteiger partial charge in [-0.1, -0.05) is 66.7 Å². The van der Waals surface area contributed by atoms with E-state index in [-0.39, 0.29) is 36.1 Å². The summed E-state index contributed by atoms with van der Waals surface area (Å²) in [6, 6.07) is 46.2. The number of nitrogens with one attached hydrogen (secondary N) is 6. The third-order valence-electron chi connectivity index (χ3n) is 24.9. The molecule has 696 valence electrons. The Labute approximate surface area is 782 Å². The van der Waals surface area contributed by atoms with Gasteiger partial charge in [-0.2, -0.15) is 54.0 Å². The van der Waals surface area contributed by atoms with Crippen LogP contribution in [0.1, 0.15) is 104 Å². The zero-order valence-electron chi connectivity index (χ0n) is 76.9. The Balaban J connectivity index is 0.000000118. The fraction of sp³-hybridized carbons (Fsp3) is 0.316. The Bertz CT molecular complexity index is 6640. The normalized spacial score (nSPS) is 14.2. The van der Waals surface area contributed by atoms with E-state index in [0.717, 1.165) is 192 Å². The number of carbonyl (C=O) groups is 5. The maximum Gasteiger partial charge on any atom is 0.408 e. The standard InChI is InChI=1S/C23H25N5O.C20H21F3N6O.C19H22N6O.C18H20N6O.C18H19N5OS/c1-16(29)27-12-10-22-20(15-27)23(26-28(22)14-17-8-9-17)25-19-6-4-5-18(13-19)21-7-2-3-11-24-21;1-13(30)28-7-6-18-17(11-28)19(26-29(18)12-20(21,22)23)25-16-5-3-4-14(8-16)15-9-24-27(2)10-15;1-13(26)25-8-7-18-17(12-25)19(22-24(18)3)21-16-6-4-5-14(9-16)15-10-20-23(2)11-15;1-12(25)24-7-6-17-16(11-24)18(22-23(17)2)21-15-5-3-4-13(8-15)14-9-19-20-10-14;1-12(24)23-7-6-16-15(10-23)18(21-22(16)2)20-14-5-3-4-13(8-14)17-9-19-11-25-17/h2-7,11,13,17H,8-10,12,14-15H2,1H3,(H,25,26);3-5,8-10H,6-7,11-12H2,1-2H3,(H,25,26);4-6,9-11H,7-8,12H2,1-3H3,(H,21,22);3-5,8-10H,6-7,11H2,1-2H3,(H,19,20)(H,21,22);3-5,8-9,11H,6-7,10H2,1-2H3,(H,20,21). The minimum absolute atomic E-state index is 0.0995. The average Bonchev–Trinajstić information content (AvgIpc) is 1.61. The van der Waals surface area contributed by atoms with Crippen molar-refractivity contribution in [1.29, 1.82) is 0 Å². The first-order chi connectivity index (χ1) is 65.1. The van der Waals surface area contributed by atoms with Crippen LogP contribution in [0.15, 0.2) is 195 Å². The zero-order chi connectivity index (χ0) is 94.3. The average molecular weight is 1850 g/mol. The highest BCUT2D eigenvalue weighted by Gasteiger charge is 2.36. The summed E-state index contributed by atoms with van der Waals surface area (Å²) in [7, 11) is 9.61. The van der Waals surface area contributed by atoms with Gasteiger partial charge in [0.2, 0.25) is 29.5 Å².